The van der Waals surface area contributed by atoms with Crippen molar-refractivity contribution in [2.45, 2.75) is 25.3 Å². The number of rotatable bonds is 3. The molecule has 1 aromatic rings. The smallest absolute Gasteiger partial charge is 0.0345 e. The Labute approximate surface area is 73.8 Å². The molecule has 1 fully saturated rings. The van der Waals surface area contributed by atoms with E-state index in [0.717, 1.165) is 0 Å². The van der Waals surface area contributed by atoms with Crippen molar-refractivity contribution in [2.75, 3.05) is 6.54 Å². The normalized spacial score (nSPS) is 27.1. The first-order valence-electron chi connectivity index (χ1n) is 4.64. The van der Waals surface area contributed by atoms with Crippen LogP contribution in [0.3, 0.4) is 0 Å². The Kier molecular flexibility index (Phi) is 1.89. The lowest BCUT2D eigenvalue weighted by Gasteiger charge is -2.09. The van der Waals surface area contributed by atoms with Crippen molar-refractivity contribution in [3.05, 3.63) is 35.9 Å². The third-order valence-electron chi connectivity index (χ3n) is 2.74. The fourth-order valence-electron chi connectivity index (χ4n) is 1.61. The number of hydrogen-bond donors (Lipinski definition) is 1. The minimum absolute atomic E-state index is 0.446. The summed E-state index contributed by atoms with van der Waals surface area (Å²) < 4.78 is 0. The molecule has 0 aromatic heterocycles. The minimum Gasteiger partial charge on any atom is -0.308 e. The van der Waals surface area contributed by atoms with Crippen LogP contribution in [-0.4, -0.2) is 12.1 Å². The van der Waals surface area contributed by atoms with E-state index < -0.39 is 0 Å². The SMILES string of the molecule is CCC1(Cc2ccccc2)CN1. The van der Waals surface area contributed by atoms with Gasteiger partial charge in [0, 0.05) is 12.1 Å². The maximum absolute atomic E-state index is 3.45. The molecular weight excluding hydrogens is 146 g/mol. The third-order valence-corrected chi connectivity index (χ3v) is 2.74. The quantitative estimate of drug-likeness (QED) is 0.673. The second-order valence-electron chi connectivity index (χ2n) is 3.65. The average Bonchev–Trinajstić information content (AvgIpc) is 2.88. The molecule has 1 aliphatic rings. The third kappa shape index (κ3) is 1.51. The van der Waals surface area contributed by atoms with Gasteiger partial charge >= 0.3 is 0 Å². The molecule has 1 atom stereocenters. The molecule has 0 bridgehead atoms. The van der Waals surface area contributed by atoms with Crippen LogP contribution >= 0.6 is 0 Å². The van der Waals surface area contributed by atoms with Gasteiger partial charge in [-0.3, -0.25) is 0 Å². The molecule has 64 valence electrons. The van der Waals surface area contributed by atoms with Crippen LogP contribution < -0.4 is 5.32 Å². The maximum Gasteiger partial charge on any atom is 0.0345 e. The number of benzene rings is 1. The summed E-state index contributed by atoms with van der Waals surface area (Å²) >= 11 is 0. The maximum atomic E-state index is 3.45. The van der Waals surface area contributed by atoms with E-state index in [0.29, 0.717) is 5.54 Å². The summed E-state index contributed by atoms with van der Waals surface area (Å²) in [6.07, 6.45) is 2.42. The van der Waals surface area contributed by atoms with Crippen LogP contribution in [0.15, 0.2) is 30.3 Å². The highest BCUT2D eigenvalue weighted by Gasteiger charge is 2.39. The predicted octanol–water partition coefficient (Wildman–Crippen LogP) is 1.98. The molecule has 1 saturated heterocycles. The van der Waals surface area contributed by atoms with E-state index in [9.17, 15) is 0 Å². The first-order valence-corrected chi connectivity index (χ1v) is 4.64. The van der Waals surface area contributed by atoms with Gasteiger partial charge in [0.25, 0.3) is 0 Å². The van der Waals surface area contributed by atoms with Gasteiger partial charge < -0.3 is 5.32 Å². The van der Waals surface area contributed by atoms with E-state index in [-0.39, 0.29) is 0 Å². The van der Waals surface area contributed by atoms with Crippen LogP contribution in [-0.2, 0) is 6.42 Å². The molecule has 1 aliphatic heterocycles. The zero-order valence-corrected chi connectivity index (χ0v) is 7.51. The monoisotopic (exact) mass is 161 g/mol. The summed E-state index contributed by atoms with van der Waals surface area (Å²) in [4.78, 5) is 0. The molecule has 1 aromatic carbocycles. The zero-order valence-electron chi connectivity index (χ0n) is 7.51. The van der Waals surface area contributed by atoms with E-state index in [1.807, 2.05) is 0 Å². The molecule has 1 nitrogen and oxygen atoms in total. The Morgan fingerprint density at radius 3 is 2.50 bits per heavy atom. The van der Waals surface area contributed by atoms with Gasteiger partial charge in [0.15, 0.2) is 0 Å². The lowest BCUT2D eigenvalue weighted by atomic mass is 9.97. The summed E-state index contributed by atoms with van der Waals surface area (Å²) in [7, 11) is 0. The first-order chi connectivity index (χ1) is 5.85. The summed E-state index contributed by atoms with van der Waals surface area (Å²) in [6, 6.07) is 10.7. The van der Waals surface area contributed by atoms with Crippen molar-refractivity contribution >= 4 is 0 Å². The van der Waals surface area contributed by atoms with Gasteiger partial charge in [0.05, 0.1) is 0 Å². The summed E-state index contributed by atoms with van der Waals surface area (Å²) in [5.74, 6) is 0. The lowest BCUT2D eigenvalue weighted by Crippen LogP contribution is -2.17. The second kappa shape index (κ2) is 2.91. The van der Waals surface area contributed by atoms with Gasteiger partial charge in [0.2, 0.25) is 0 Å². The summed E-state index contributed by atoms with van der Waals surface area (Å²) in [5, 5.41) is 3.45. The average molecular weight is 161 g/mol. The lowest BCUT2D eigenvalue weighted by molar-refractivity contribution is 0.601. The van der Waals surface area contributed by atoms with Gasteiger partial charge in [-0.2, -0.15) is 0 Å². The molecule has 1 heterocycles. The fourth-order valence-corrected chi connectivity index (χ4v) is 1.61. The van der Waals surface area contributed by atoms with Crippen molar-refractivity contribution in [3.63, 3.8) is 0 Å². The van der Waals surface area contributed by atoms with Gasteiger partial charge in [-0.1, -0.05) is 37.3 Å². The van der Waals surface area contributed by atoms with Crippen molar-refractivity contribution in [2.24, 2.45) is 0 Å². The highest BCUT2D eigenvalue weighted by molar-refractivity contribution is 5.21. The number of hydrogen-bond acceptors (Lipinski definition) is 1. The van der Waals surface area contributed by atoms with Crippen LogP contribution in [0.4, 0.5) is 0 Å². The standard InChI is InChI=1S/C11H15N/c1-2-11(9-12-11)8-10-6-4-3-5-7-10/h3-7,12H,2,8-9H2,1H3. The molecule has 0 spiro atoms. The first kappa shape index (κ1) is 7.81. The molecule has 1 N–H and O–H groups in total. The summed E-state index contributed by atoms with van der Waals surface area (Å²) in [6.45, 7) is 3.45. The van der Waals surface area contributed by atoms with Gasteiger partial charge in [-0.25, -0.2) is 0 Å². The zero-order chi connectivity index (χ0) is 8.44. The molecule has 0 amide bonds. The van der Waals surface area contributed by atoms with Crippen LogP contribution in [0, 0.1) is 0 Å². The molecular formula is C11H15N. The van der Waals surface area contributed by atoms with Crippen LogP contribution in [0.25, 0.3) is 0 Å². The molecule has 0 radical (unpaired) electrons. The van der Waals surface area contributed by atoms with Crippen LogP contribution in [0.2, 0.25) is 0 Å². The van der Waals surface area contributed by atoms with Crippen molar-refractivity contribution in [1.82, 2.24) is 5.32 Å². The van der Waals surface area contributed by atoms with E-state index in [1.165, 1.54) is 24.9 Å². The summed E-state index contributed by atoms with van der Waals surface area (Å²) in [5.41, 5.74) is 1.89. The molecule has 2 rings (SSSR count). The van der Waals surface area contributed by atoms with E-state index in [1.54, 1.807) is 0 Å². The van der Waals surface area contributed by atoms with Crippen molar-refractivity contribution < 1.29 is 0 Å². The minimum atomic E-state index is 0.446. The Morgan fingerprint density at radius 1 is 1.33 bits per heavy atom. The van der Waals surface area contributed by atoms with Crippen molar-refractivity contribution in [1.29, 1.82) is 0 Å². The molecule has 1 unspecified atom stereocenters. The fraction of sp³-hybridized carbons (Fsp3) is 0.455. The number of nitrogens with one attached hydrogen (secondary N) is 1. The largest absolute Gasteiger partial charge is 0.308 e. The Morgan fingerprint density at radius 2 is 2.00 bits per heavy atom. The topological polar surface area (TPSA) is 21.9 Å². The van der Waals surface area contributed by atoms with E-state index in [2.05, 4.69) is 42.6 Å². The Bertz CT molecular complexity index is 249. The molecule has 12 heavy (non-hydrogen) atoms. The van der Waals surface area contributed by atoms with Gasteiger partial charge in [-0.05, 0) is 18.4 Å². The molecule has 0 saturated carbocycles. The predicted molar refractivity (Wildman–Crippen MR) is 51.2 cm³/mol. The molecule has 1 heteroatoms. The highest BCUT2D eigenvalue weighted by atomic mass is 15.2. The van der Waals surface area contributed by atoms with Gasteiger partial charge in [-0.15, -0.1) is 0 Å². The highest BCUT2D eigenvalue weighted by Crippen LogP contribution is 2.25. The van der Waals surface area contributed by atoms with Crippen LogP contribution in [0.5, 0.6) is 0 Å². The van der Waals surface area contributed by atoms with E-state index >= 15 is 0 Å². The van der Waals surface area contributed by atoms with Crippen LogP contribution in [0.1, 0.15) is 18.9 Å². The van der Waals surface area contributed by atoms with Gasteiger partial charge in [0.1, 0.15) is 0 Å². The Hall–Kier alpha value is -0.820. The second-order valence-corrected chi connectivity index (χ2v) is 3.65. The van der Waals surface area contributed by atoms with Crippen molar-refractivity contribution in [3.8, 4) is 0 Å². The Balaban J connectivity index is 2.04. The molecule has 0 aliphatic carbocycles. The van der Waals surface area contributed by atoms with E-state index in [4.69, 9.17) is 0 Å².